The number of carbonyl (C=O) groups excluding carboxylic acids is 1. The van der Waals surface area contributed by atoms with Crippen LogP contribution < -0.4 is 5.32 Å². The summed E-state index contributed by atoms with van der Waals surface area (Å²) in [6, 6.07) is 1.99. The molecule has 0 radical (unpaired) electrons. The van der Waals surface area contributed by atoms with Gasteiger partial charge in [0.05, 0.1) is 11.9 Å². The van der Waals surface area contributed by atoms with Crippen LogP contribution in [0.1, 0.15) is 28.4 Å². The molecular weight excluding hydrogens is 242 g/mol. The van der Waals surface area contributed by atoms with Crippen LogP contribution in [0.15, 0.2) is 18.5 Å². The highest BCUT2D eigenvalue weighted by atomic mass is 16.2. The molecule has 1 aliphatic rings. The van der Waals surface area contributed by atoms with Crippen molar-refractivity contribution in [2.24, 2.45) is 0 Å². The van der Waals surface area contributed by atoms with Crippen LogP contribution in [0.3, 0.4) is 0 Å². The van der Waals surface area contributed by atoms with Crippen molar-refractivity contribution < 1.29 is 4.79 Å². The summed E-state index contributed by atoms with van der Waals surface area (Å²) < 4.78 is 1.80. The molecule has 1 saturated heterocycles. The van der Waals surface area contributed by atoms with Crippen LogP contribution in [0.25, 0.3) is 5.65 Å². The van der Waals surface area contributed by atoms with Crippen molar-refractivity contribution in [3.05, 3.63) is 29.7 Å². The van der Waals surface area contributed by atoms with E-state index < -0.39 is 0 Å². The number of amides is 1. The molecular formula is C13H17N5O. The Morgan fingerprint density at radius 3 is 3.05 bits per heavy atom. The quantitative estimate of drug-likeness (QED) is 0.853. The van der Waals surface area contributed by atoms with Crippen LogP contribution in [0, 0.1) is 0 Å². The third-order valence-corrected chi connectivity index (χ3v) is 3.55. The second-order valence-corrected chi connectivity index (χ2v) is 5.05. The Labute approximate surface area is 111 Å². The molecule has 1 N–H and O–H groups in total. The SMILES string of the molecule is CN(C)C(=O)c1cnn2c([C@H]3CCNC3)ccnc12. The van der Waals surface area contributed by atoms with E-state index in [9.17, 15) is 4.79 Å². The minimum Gasteiger partial charge on any atom is -0.345 e. The molecule has 100 valence electrons. The fourth-order valence-electron chi connectivity index (χ4n) is 2.52. The van der Waals surface area contributed by atoms with E-state index in [0.717, 1.165) is 25.2 Å². The lowest BCUT2D eigenvalue weighted by Gasteiger charge is -2.11. The molecule has 2 aromatic rings. The number of rotatable bonds is 2. The van der Waals surface area contributed by atoms with Crippen molar-refractivity contribution in [2.75, 3.05) is 27.2 Å². The number of hydrogen-bond donors (Lipinski definition) is 1. The summed E-state index contributed by atoms with van der Waals surface area (Å²) in [5, 5.41) is 7.69. The van der Waals surface area contributed by atoms with E-state index in [0.29, 0.717) is 17.1 Å². The van der Waals surface area contributed by atoms with Crippen LogP contribution in [-0.2, 0) is 0 Å². The van der Waals surface area contributed by atoms with Crippen LogP contribution in [0.2, 0.25) is 0 Å². The Balaban J connectivity index is 2.10. The minimum atomic E-state index is -0.0656. The molecule has 3 rings (SSSR count). The third kappa shape index (κ3) is 1.98. The molecule has 3 heterocycles. The third-order valence-electron chi connectivity index (χ3n) is 3.55. The Morgan fingerprint density at radius 2 is 2.37 bits per heavy atom. The summed E-state index contributed by atoms with van der Waals surface area (Å²) in [5.74, 6) is 0.372. The van der Waals surface area contributed by atoms with E-state index in [1.54, 1.807) is 35.9 Å². The maximum Gasteiger partial charge on any atom is 0.258 e. The summed E-state index contributed by atoms with van der Waals surface area (Å²) in [6.45, 7) is 1.98. The molecule has 0 aliphatic carbocycles. The van der Waals surface area contributed by atoms with E-state index in [4.69, 9.17) is 0 Å². The van der Waals surface area contributed by atoms with Gasteiger partial charge in [0.2, 0.25) is 0 Å². The van der Waals surface area contributed by atoms with Gasteiger partial charge >= 0.3 is 0 Å². The highest BCUT2D eigenvalue weighted by molar-refractivity contribution is 5.99. The van der Waals surface area contributed by atoms with Gasteiger partial charge in [-0.15, -0.1) is 0 Å². The van der Waals surface area contributed by atoms with Gasteiger partial charge in [-0.3, -0.25) is 4.79 Å². The molecule has 1 amide bonds. The van der Waals surface area contributed by atoms with Gasteiger partial charge in [-0.2, -0.15) is 5.10 Å². The molecule has 1 atom stereocenters. The average Bonchev–Trinajstić information content (AvgIpc) is 3.06. The van der Waals surface area contributed by atoms with Gasteiger partial charge in [-0.1, -0.05) is 0 Å². The molecule has 6 heteroatoms. The van der Waals surface area contributed by atoms with Gasteiger partial charge < -0.3 is 10.2 Å². The van der Waals surface area contributed by atoms with Gasteiger partial charge in [0.1, 0.15) is 5.56 Å². The second-order valence-electron chi connectivity index (χ2n) is 5.05. The van der Waals surface area contributed by atoms with E-state index >= 15 is 0 Å². The Hall–Kier alpha value is -1.95. The highest BCUT2D eigenvalue weighted by Gasteiger charge is 2.22. The zero-order valence-electron chi connectivity index (χ0n) is 11.1. The van der Waals surface area contributed by atoms with Gasteiger partial charge in [0.25, 0.3) is 5.91 Å². The van der Waals surface area contributed by atoms with Crippen LogP contribution >= 0.6 is 0 Å². The second kappa shape index (κ2) is 4.62. The van der Waals surface area contributed by atoms with Gasteiger partial charge in [-0.25, -0.2) is 9.50 Å². The number of nitrogens with one attached hydrogen (secondary N) is 1. The maximum atomic E-state index is 12.1. The van der Waals surface area contributed by atoms with Gasteiger partial charge in [0.15, 0.2) is 5.65 Å². The fraction of sp³-hybridized carbons (Fsp3) is 0.462. The molecule has 6 nitrogen and oxygen atoms in total. The lowest BCUT2D eigenvalue weighted by molar-refractivity contribution is 0.0829. The first-order valence-corrected chi connectivity index (χ1v) is 6.43. The molecule has 0 saturated carbocycles. The van der Waals surface area contributed by atoms with Crippen molar-refractivity contribution in [1.82, 2.24) is 24.8 Å². The first-order valence-electron chi connectivity index (χ1n) is 6.43. The topological polar surface area (TPSA) is 62.5 Å². The molecule has 1 aliphatic heterocycles. The first-order chi connectivity index (χ1) is 9.18. The summed E-state index contributed by atoms with van der Waals surface area (Å²) >= 11 is 0. The molecule has 0 unspecified atom stereocenters. The normalized spacial score (nSPS) is 18.9. The number of fused-ring (bicyclic) bond motifs is 1. The molecule has 0 spiro atoms. The molecule has 1 fully saturated rings. The van der Waals surface area contributed by atoms with Crippen molar-refractivity contribution >= 4 is 11.6 Å². The standard InChI is InChI=1S/C13H17N5O/c1-17(2)13(19)10-8-16-18-11(4-6-15-12(10)18)9-3-5-14-7-9/h4,6,8-9,14H,3,5,7H2,1-2H3/t9-/m0/s1. The number of carbonyl (C=O) groups is 1. The van der Waals surface area contributed by atoms with E-state index in [-0.39, 0.29) is 5.91 Å². The highest BCUT2D eigenvalue weighted by Crippen LogP contribution is 2.23. The van der Waals surface area contributed by atoms with E-state index in [1.807, 2.05) is 6.07 Å². The van der Waals surface area contributed by atoms with Crippen LogP contribution in [0.4, 0.5) is 0 Å². The summed E-state index contributed by atoms with van der Waals surface area (Å²) in [4.78, 5) is 17.9. The maximum absolute atomic E-state index is 12.1. The van der Waals surface area contributed by atoms with Crippen LogP contribution in [-0.4, -0.2) is 52.6 Å². The zero-order chi connectivity index (χ0) is 13.4. The van der Waals surface area contributed by atoms with Gasteiger partial charge in [-0.05, 0) is 19.0 Å². The first kappa shape index (κ1) is 12.1. The van der Waals surface area contributed by atoms with Gasteiger partial charge in [0, 0.05) is 32.8 Å². The van der Waals surface area contributed by atoms with Crippen molar-refractivity contribution in [3.8, 4) is 0 Å². The number of aromatic nitrogens is 3. The smallest absolute Gasteiger partial charge is 0.258 e. The summed E-state index contributed by atoms with van der Waals surface area (Å²) in [5.41, 5.74) is 2.31. The predicted molar refractivity (Wildman–Crippen MR) is 71.2 cm³/mol. The molecule has 0 bridgehead atoms. The monoisotopic (exact) mass is 259 g/mol. The van der Waals surface area contributed by atoms with Crippen LogP contribution in [0.5, 0.6) is 0 Å². The minimum absolute atomic E-state index is 0.0656. The molecule has 2 aromatic heterocycles. The van der Waals surface area contributed by atoms with E-state index in [2.05, 4.69) is 15.4 Å². The van der Waals surface area contributed by atoms with Crippen molar-refractivity contribution in [1.29, 1.82) is 0 Å². The Bertz CT molecular complexity index is 613. The Morgan fingerprint density at radius 1 is 1.53 bits per heavy atom. The predicted octanol–water partition coefficient (Wildman–Crippen LogP) is 0.508. The lowest BCUT2D eigenvalue weighted by atomic mass is 10.0. The Kier molecular flexibility index (Phi) is 2.94. The number of nitrogens with zero attached hydrogens (tertiary/aromatic N) is 4. The summed E-state index contributed by atoms with van der Waals surface area (Å²) in [7, 11) is 3.47. The van der Waals surface area contributed by atoms with Crippen molar-refractivity contribution in [2.45, 2.75) is 12.3 Å². The van der Waals surface area contributed by atoms with E-state index in [1.165, 1.54) is 0 Å². The van der Waals surface area contributed by atoms with Crippen molar-refractivity contribution in [3.63, 3.8) is 0 Å². The summed E-state index contributed by atoms with van der Waals surface area (Å²) in [6.07, 6.45) is 4.46. The fourth-order valence-corrected chi connectivity index (χ4v) is 2.52. The molecule has 19 heavy (non-hydrogen) atoms. The largest absolute Gasteiger partial charge is 0.345 e. The molecule has 0 aromatic carbocycles. The lowest BCUT2D eigenvalue weighted by Crippen LogP contribution is -2.21. The average molecular weight is 259 g/mol. The number of hydrogen-bond acceptors (Lipinski definition) is 4. The zero-order valence-corrected chi connectivity index (χ0v) is 11.1.